The fraction of sp³-hybridized carbons (Fsp3) is 0.471. The maximum atomic E-state index is 5.94. The van der Waals surface area contributed by atoms with E-state index in [1.807, 2.05) is 37.2 Å². The molecule has 0 aliphatic carbocycles. The molecule has 1 aromatic carbocycles. The summed E-state index contributed by atoms with van der Waals surface area (Å²) in [6.07, 6.45) is 0.0647. The SMILES string of the molecule is C[C@H](c1nc(N)nc(N(C)C)n1)N1CCO[C@H](c2ccccc2)C1. The maximum Gasteiger partial charge on any atom is 0.229 e. The number of nitrogens with two attached hydrogens (primary N) is 1. The molecule has 0 bridgehead atoms. The lowest BCUT2D eigenvalue weighted by Crippen LogP contribution is -2.40. The molecule has 3 rings (SSSR count). The van der Waals surface area contributed by atoms with Crippen LogP contribution in [-0.2, 0) is 4.74 Å². The van der Waals surface area contributed by atoms with Crippen molar-refractivity contribution in [2.24, 2.45) is 0 Å². The van der Waals surface area contributed by atoms with E-state index in [9.17, 15) is 0 Å². The number of anilines is 2. The third kappa shape index (κ3) is 3.63. The average molecular weight is 328 g/mol. The van der Waals surface area contributed by atoms with Crippen LogP contribution in [0.4, 0.5) is 11.9 Å². The predicted octanol–water partition coefficient (Wildman–Crippen LogP) is 1.65. The summed E-state index contributed by atoms with van der Waals surface area (Å²) < 4.78 is 5.94. The molecule has 2 N–H and O–H groups in total. The minimum Gasteiger partial charge on any atom is -0.371 e. The number of hydrogen-bond acceptors (Lipinski definition) is 7. The van der Waals surface area contributed by atoms with Crippen molar-refractivity contribution in [1.82, 2.24) is 19.9 Å². The second kappa shape index (κ2) is 7.11. The Bertz CT molecular complexity index is 678. The van der Waals surface area contributed by atoms with E-state index >= 15 is 0 Å². The molecule has 1 aromatic heterocycles. The van der Waals surface area contributed by atoms with Gasteiger partial charge in [-0.1, -0.05) is 30.3 Å². The summed E-state index contributed by atoms with van der Waals surface area (Å²) in [6, 6.07) is 10.3. The molecular formula is C17H24N6O. The van der Waals surface area contributed by atoms with E-state index in [0.717, 1.165) is 13.1 Å². The zero-order chi connectivity index (χ0) is 17.1. The van der Waals surface area contributed by atoms with Gasteiger partial charge >= 0.3 is 0 Å². The Morgan fingerprint density at radius 1 is 1.21 bits per heavy atom. The molecule has 2 aromatic rings. The number of rotatable bonds is 4. The number of aromatic nitrogens is 3. The van der Waals surface area contributed by atoms with Crippen LogP contribution < -0.4 is 10.6 Å². The van der Waals surface area contributed by atoms with Gasteiger partial charge in [-0.05, 0) is 12.5 Å². The molecule has 2 heterocycles. The summed E-state index contributed by atoms with van der Waals surface area (Å²) in [5.41, 5.74) is 7.04. The van der Waals surface area contributed by atoms with Gasteiger partial charge in [-0.25, -0.2) is 0 Å². The van der Waals surface area contributed by atoms with Gasteiger partial charge in [-0.15, -0.1) is 0 Å². The van der Waals surface area contributed by atoms with Gasteiger partial charge in [0.1, 0.15) is 0 Å². The van der Waals surface area contributed by atoms with E-state index in [1.54, 1.807) is 0 Å². The summed E-state index contributed by atoms with van der Waals surface area (Å²) in [7, 11) is 3.78. The molecule has 1 saturated heterocycles. The zero-order valence-corrected chi connectivity index (χ0v) is 14.4. The van der Waals surface area contributed by atoms with Crippen molar-refractivity contribution in [2.45, 2.75) is 19.1 Å². The quantitative estimate of drug-likeness (QED) is 0.914. The summed E-state index contributed by atoms with van der Waals surface area (Å²) in [5.74, 6) is 1.53. The van der Waals surface area contributed by atoms with Gasteiger partial charge in [0.15, 0.2) is 5.82 Å². The summed E-state index contributed by atoms with van der Waals surface area (Å²) in [6.45, 7) is 4.42. The second-order valence-electron chi connectivity index (χ2n) is 6.19. The third-order valence-electron chi connectivity index (χ3n) is 4.25. The highest BCUT2D eigenvalue weighted by molar-refractivity contribution is 5.33. The number of morpholine rings is 1. The van der Waals surface area contributed by atoms with Gasteiger partial charge in [0, 0.05) is 27.2 Å². The van der Waals surface area contributed by atoms with E-state index in [4.69, 9.17) is 10.5 Å². The molecule has 0 saturated carbocycles. The van der Waals surface area contributed by atoms with Gasteiger partial charge in [-0.2, -0.15) is 15.0 Å². The van der Waals surface area contributed by atoms with Gasteiger partial charge < -0.3 is 15.4 Å². The Morgan fingerprint density at radius 2 is 1.96 bits per heavy atom. The molecule has 0 amide bonds. The smallest absolute Gasteiger partial charge is 0.229 e. The van der Waals surface area contributed by atoms with E-state index < -0.39 is 0 Å². The van der Waals surface area contributed by atoms with Crippen LogP contribution in [0.5, 0.6) is 0 Å². The lowest BCUT2D eigenvalue weighted by Gasteiger charge is -2.36. The highest BCUT2D eigenvalue weighted by Gasteiger charge is 2.27. The molecule has 7 heteroatoms. The van der Waals surface area contributed by atoms with Crippen molar-refractivity contribution in [3.63, 3.8) is 0 Å². The van der Waals surface area contributed by atoms with Gasteiger partial charge in [-0.3, -0.25) is 4.90 Å². The lowest BCUT2D eigenvalue weighted by atomic mass is 10.1. The molecule has 1 aliphatic heterocycles. The summed E-state index contributed by atoms with van der Waals surface area (Å²) in [5, 5.41) is 0. The highest BCUT2D eigenvalue weighted by atomic mass is 16.5. The summed E-state index contributed by atoms with van der Waals surface area (Å²) >= 11 is 0. The first kappa shape index (κ1) is 16.6. The number of hydrogen-bond donors (Lipinski definition) is 1. The first-order valence-corrected chi connectivity index (χ1v) is 8.14. The number of nitrogens with zero attached hydrogens (tertiary/aromatic N) is 5. The molecule has 7 nitrogen and oxygen atoms in total. The predicted molar refractivity (Wildman–Crippen MR) is 93.7 cm³/mol. The molecular weight excluding hydrogens is 304 g/mol. The van der Waals surface area contributed by atoms with Crippen molar-refractivity contribution in [3.05, 3.63) is 41.7 Å². The normalized spacial score (nSPS) is 19.9. The second-order valence-corrected chi connectivity index (χ2v) is 6.19. The van der Waals surface area contributed by atoms with Gasteiger partial charge in [0.05, 0.1) is 18.8 Å². The molecule has 24 heavy (non-hydrogen) atoms. The Morgan fingerprint density at radius 3 is 2.67 bits per heavy atom. The molecule has 2 atom stereocenters. The van der Waals surface area contributed by atoms with Crippen LogP contribution in [0.25, 0.3) is 0 Å². The van der Waals surface area contributed by atoms with Crippen LogP contribution in [0.2, 0.25) is 0 Å². The van der Waals surface area contributed by atoms with Crippen LogP contribution in [0, 0.1) is 0 Å². The minimum atomic E-state index is 0.0455. The summed E-state index contributed by atoms with van der Waals surface area (Å²) in [4.78, 5) is 17.2. The molecule has 128 valence electrons. The molecule has 1 fully saturated rings. The molecule has 0 radical (unpaired) electrons. The van der Waals surface area contributed by atoms with E-state index in [0.29, 0.717) is 18.4 Å². The van der Waals surface area contributed by atoms with Gasteiger partial charge in [0.25, 0.3) is 0 Å². The van der Waals surface area contributed by atoms with E-state index in [2.05, 4.69) is 38.9 Å². The van der Waals surface area contributed by atoms with Crippen LogP contribution in [0.3, 0.4) is 0 Å². The lowest BCUT2D eigenvalue weighted by molar-refractivity contribution is -0.0442. The third-order valence-corrected chi connectivity index (χ3v) is 4.25. The van der Waals surface area contributed by atoms with Crippen molar-refractivity contribution in [3.8, 4) is 0 Å². The van der Waals surface area contributed by atoms with Gasteiger partial charge in [0.2, 0.25) is 11.9 Å². The fourth-order valence-corrected chi connectivity index (χ4v) is 2.84. The molecule has 0 spiro atoms. The Hall–Kier alpha value is -2.25. The minimum absolute atomic E-state index is 0.0455. The van der Waals surface area contributed by atoms with Crippen LogP contribution in [0.15, 0.2) is 30.3 Å². The van der Waals surface area contributed by atoms with E-state index in [1.165, 1.54) is 5.56 Å². The van der Waals surface area contributed by atoms with Crippen LogP contribution in [0.1, 0.15) is 30.5 Å². The molecule has 1 aliphatic rings. The topological polar surface area (TPSA) is 80.4 Å². The average Bonchev–Trinajstić information content (AvgIpc) is 2.61. The van der Waals surface area contributed by atoms with Crippen LogP contribution >= 0.6 is 0 Å². The first-order valence-electron chi connectivity index (χ1n) is 8.14. The fourth-order valence-electron chi connectivity index (χ4n) is 2.84. The zero-order valence-electron chi connectivity index (χ0n) is 14.4. The van der Waals surface area contributed by atoms with Crippen LogP contribution in [-0.4, -0.2) is 53.6 Å². The number of ether oxygens (including phenoxy) is 1. The van der Waals surface area contributed by atoms with Crippen molar-refractivity contribution in [2.75, 3.05) is 44.4 Å². The highest BCUT2D eigenvalue weighted by Crippen LogP contribution is 2.27. The van der Waals surface area contributed by atoms with Crippen molar-refractivity contribution in [1.29, 1.82) is 0 Å². The van der Waals surface area contributed by atoms with E-state index in [-0.39, 0.29) is 18.1 Å². The first-order chi connectivity index (χ1) is 11.5. The van der Waals surface area contributed by atoms with Crippen molar-refractivity contribution >= 4 is 11.9 Å². The maximum absolute atomic E-state index is 5.94. The largest absolute Gasteiger partial charge is 0.371 e. The standard InChI is InChI=1S/C17H24N6O/c1-12(15-19-16(18)21-17(20-15)22(2)3)23-9-10-24-14(11-23)13-7-5-4-6-8-13/h4-8,12,14H,9-11H2,1-3H3,(H2,18,19,20,21)/t12-,14+/m1/s1. The monoisotopic (exact) mass is 328 g/mol. The Balaban J connectivity index is 1.78. The molecule has 0 unspecified atom stereocenters. The number of benzene rings is 1. The number of nitrogen functional groups attached to an aromatic ring is 1. The van der Waals surface area contributed by atoms with Crippen molar-refractivity contribution < 1.29 is 4.74 Å². The Kier molecular flexibility index (Phi) is 4.92. The Labute approximate surface area is 142 Å².